The van der Waals surface area contributed by atoms with Gasteiger partial charge in [0.15, 0.2) is 5.78 Å². The third-order valence-corrected chi connectivity index (χ3v) is 2.54. The lowest BCUT2D eigenvalue weighted by atomic mass is 10.1. The molecule has 0 bridgehead atoms. The van der Waals surface area contributed by atoms with Crippen molar-refractivity contribution in [1.29, 1.82) is 0 Å². The van der Waals surface area contributed by atoms with Gasteiger partial charge in [-0.25, -0.2) is 0 Å². The highest BCUT2D eigenvalue weighted by Gasteiger charge is 2.02. The Kier molecular flexibility index (Phi) is 3.08. The van der Waals surface area contributed by atoms with Crippen molar-refractivity contribution in [2.75, 3.05) is 12.4 Å². The Labute approximate surface area is 85.5 Å². The zero-order valence-electron chi connectivity index (χ0n) is 7.02. The number of Topliss-reactive ketones (excluding diaryl/α,β-unsaturated/α-hetero) is 1. The van der Waals surface area contributed by atoms with E-state index in [-0.39, 0.29) is 5.78 Å². The van der Waals surface area contributed by atoms with Crippen LogP contribution in [0.4, 0.5) is 5.69 Å². The minimum Gasteiger partial charge on any atom is -0.387 e. The van der Waals surface area contributed by atoms with Crippen molar-refractivity contribution in [3.63, 3.8) is 0 Å². The second-order valence-corrected chi connectivity index (χ2v) is 3.66. The lowest BCUT2D eigenvalue weighted by Crippen LogP contribution is -1.96. The Morgan fingerprint density at radius 3 is 2.58 bits per heavy atom. The van der Waals surface area contributed by atoms with Crippen LogP contribution in [0.25, 0.3) is 0 Å². The number of benzene rings is 1. The Morgan fingerprint density at radius 1 is 1.50 bits per heavy atom. The number of anilines is 1. The standard InChI is InChI=1S/C9H10INO/c1-6(12)7-3-4-9(11-2)8(10)5-7/h3-5,11H,1-2H3. The van der Waals surface area contributed by atoms with Crippen molar-refractivity contribution in [3.8, 4) is 0 Å². The van der Waals surface area contributed by atoms with E-state index in [4.69, 9.17) is 0 Å². The van der Waals surface area contributed by atoms with Gasteiger partial charge in [-0.05, 0) is 47.7 Å². The monoisotopic (exact) mass is 275 g/mol. The van der Waals surface area contributed by atoms with Gasteiger partial charge >= 0.3 is 0 Å². The van der Waals surface area contributed by atoms with E-state index in [1.807, 2.05) is 25.2 Å². The first-order valence-electron chi connectivity index (χ1n) is 3.63. The van der Waals surface area contributed by atoms with E-state index in [0.29, 0.717) is 0 Å². The van der Waals surface area contributed by atoms with Crippen LogP contribution in [-0.2, 0) is 0 Å². The molecule has 0 saturated carbocycles. The molecule has 0 atom stereocenters. The summed E-state index contributed by atoms with van der Waals surface area (Å²) >= 11 is 2.20. The fraction of sp³-hybridized carbons (Fsp3) is 0.222. The third-order valence-electron chi connectivity index (χ3n) is 1.64. The average molecular weight is 275 g/mol. The van der Waals surface area contributed by atoms with Gasteiger partial charge in [-0.3, -0.25) is 4.79 Å². The molecule has 2 nitrogen and oxygen atoms in total. The normalized spacial score (nSPS) is 9.58. The maximum atomic E-state index is 11.0. The molecule has 1 rings (SSSR count). The molecule has 0 spiro atoms. The van der Waals surface area contributed by atoms with Crippen molar-refractivity contribution in [2.45, 2.75) is 6.92 Å². The van der Waals surface area contributed by atoms with Crippen molar-refractivity contribution in [3.05, 3.63) is 27.3 Å². The summed E-state index contributed by atoms with van der Waals surface area (Å²) in [6.07, 6.45) is 0. The smallest absolute Gasteiger partial charge is 0.159 e. The zero-order valence-corrected chi connectivity index (χ0v) is 9.18. The molecule has 0 unspecified atom stereocenters. The van der Waals surface area contributed by atoms with Gasteiger partial charge in [-0.1, -0.05) is 0 Å². The summed E-state index contributed by atoms with van der Waals surface area (Å²) in [6, 6.07) is 5.63. The van der Waals surface area contributed by atoms with Gasteiger partial charge in [-0.2, -0.15) is 0 Å². The van der Waals surface area contributed by atoms with E-state index in [9.17, 15) is 4.79 Å². The second kappa shape index (κ2) is 3.89. The summed E-state index contributed by atoms with van der Waals surface area (Å²) in [6.45, 7) is 1.57. The van der Waals surface area contributed by atoms with Crippen LogP contribution in [0.2, 0.25) is 0 Å². The van der Waals surface area contributed by atoms with Gasteiger partial charge < -0.3 is 5.32 Å². The van der Waals surface area contributed by atoms with E-state index in [0.717, 1.165) is 14.8 Å². The summed E-state index contributed by atoms with van der Waals surface area (Å²) in [5.41, 5.74) is 1.82. The van der Waals surface area contributed by atoms with Gasteiger partial charge in [0.2, 0.25) is 0 Å². The summed E-state index contributed by atoms with van der Waals surface area (Å²) in [5.74, 6) is 0.107. The zero-order chi connectivity index (χ0) is 9.14. The molecule has 0 fully saturated rings. The van der Waals surface area contributed by atoms with Crippen molar-refractivity contribution in [1.82, 2.24) is 0 Å². The largest absolute Gasteiger partial charge is 0.387 e. The number of rotatable bonds is 2. The first kappa shape index (κ1) is 9.51. The minimum absolute atomic E-state index is 0.107. The van der Waals surface area contributed by atoms with Crippen molar-refractivity contribution < 1.29 is 4.79 Å². The maximum absolute atomic E-state index is 11.0. The number of nitrogens with one attached hydrogen (secondary N) is 1. The molecule has 0 amide bonds. The lowest BCUT2D eigenvalue weighted by molar-refractivity contribution is 0.101. The number of carbonyl (C=O) groups is 1. The fourth-order valence-electron chi connectivity index (χ4n) is 0.937. The van der Waals surface area contributed by atoms with Crippen LogP contribution in [0.1, 0.15) is 17.3 Å². The summed E-state index contributed by atoms with van der Waals surface area (Å²) in [5, 5.41) is 3.04. The molecule has 0 aliphatic carbocycles. The van der Waals surface area contributed by atoms with E-state index in [2.05, 4.69) is 27.9 Å². The van der Waals surface area contributed by atoms with Crippen LogP contribution in [-0.4, -0.2) is 12.8 Å². The van der Waals surface area contributed by atoms with Crippen molar-refractivity contribution >= 4 is 34.1 Å². The fourth-order valence-corrected chi connectivity index (χ4v) is 1.72. The minimum atomic E-state index is 0.107. The highest BCUT2D eigenvalue weighted by atomic mass is 127. The highest BCUT2D eigenvalue weighted by molar-refractivity contribution is 14.1. The van der Waals surface area contributed by atoms with Crippen LogP contribution in [0.5, 0.6) is 0 Å². The van der Waals surface area contributed by atoms with Gasteiger partial charge in [0.05, 0.1) is 0 Å². The molecule has 64 valence electrons. The predicted molar refractivity (Wildman–Crippen MR) is 58.7 cm³/mol. The molecule has 1 aromatic carbocycles. The summed E-state index contributed by atoms with van der Waals surface area (Å²) < 4.78 is 1.07. The molecule has 3 heteroatoms. The predicted octanol–water partition coefficient (Wildman–Crippen LogP) is 2.54. The molecule has 1 N–H and O–H groups in total. The molecule has 0 aliphatic heterocycles. The van der Waals surface area contributed by atoms with Gasteiger partial charge in [0, 0.05) is 21.9 Å². The van der Waals surface area contributed by atoms with Crippen molar-refractivity contribution in [2.24, 2.45) is 0 Å². The number of halogens is 1. The van der Waals surface area contributed by atoms with E-state index in [1.165, 1.54) is 0 Å². The van der Waals surface area contributed by atoms with E-state index < -0.39 is 0 Å². The topological polar surface area (TPSA) is 29.1 Å². The SMILES string of the molecule is CNc1ccc(C(C)=O)cc1I. The van der Waals surface area contributed by atoms with E-state index >= 15 is 0 Å². The summed E-state index contributed by atoms with van der Waals surface area (Å²) in [7, 11) is 1.87. The Morgan fingerprint density at radius 2 is 2.17 bits per heavy atom. The molecular formula is C9H10INO. The van der Waals surface area contributed by atoms with Gasteiger partial charge in [0.25, 0.3) is 0 Å². The quantitative estimate of drug-likeness (QED) is 0.663. The average Bonchev–Trinajstić information content (AvgIpc) is 2.04. The number of ketones is 1. The number of carbonyl (C=O) groups excluding carboxylic acids is 1. The van der Waals surface area contributed by atoms with Crippen LogP contribution in [0.15, 0.2) is 18.2 Å². The van der Waals surface area contributed by atoms with Crippen LogP contribution in [0.3, 0.4) is 0 Å². The third kappa shape index (κ3) is 1.97. The van der Waals surface area contributed by atoms with Crippen LogP contribution in [0, 0.1) is 3.57 Å². The number of hydrogen-bond donors (Lipinski definition) is 1. The van der Waals surface area contributed by atoms with E-state index in [1.54, 1.807) is 6.92 Å². The molecule has 1 aromatic rings. The molecule has 0 aromatic heterocycles. The molecule has 12 heavy (non-hydrogen) atoms. The second-order valence-electron chi connectivity index (χ2n) is 2.50. The molecule has 0 saturated heterocycles. The first-order chi connectivity index (χ1) is 5.65. The lowest BCUT2D eigenvalue weighted by Gasteiger charge is -2.04. The van der Waals surface area contributed by atoms with Crippen LogP contribution >= 0.6 is 22.6 Å². The maximum Gasteiger partial charge on any atom is 0.159 e. The molecule has 0 heterocycles. The van der Waals surface area contributed by atoms with Gasteiger partial charge in [-0.15, -0.1) is 0 Å². The molecule has 0 aliphatic rings. The number of hydrogen-bond acceptors (Lipinski definition) is 2. The summed E-state index contributed by atoms with van der Waals surface area (Å²) in [4.78, 5) is 11.0. The Bertz CT molecular complexity index is 309. The van der Waals surface area contributed by atoms with Crippen LogP contribution < -0.4 is 5.32 Å². The molecule has 0 radical (unpaired) electrons. The molecular weight excluding hydrogens is 265 g/mol. The Balaban J connectivity index is 3.10. The first-order valence-corrected chi connectivity index (χ1v) is 4.71. The highest BCUT2D eigenvalue weighted by Crippen LogP contribution is 2.19. The Hall–Kier alpha value is -0.580. The van der Waals surface area contributed by atoms with Gasteiger partial charge in [0.1, 0.15) is 0 Å².